The van der Waals surface area contributed by atoms with Gasteiger partial charge in [-0.05, 0) is 24.3 Å². The second-order valence-electron chi connectivity index (χ2n) is 3.96. The van der Waals surface area contributed by atoms with Crippen molar-refractivity contribution in [1.29, 1.82) is 0 Å². The zero-order chi connectivity index (χ0) is 10.1. The van der Waals surface area contributed by atoms with E-state index in [-0.39, 0.29) is 0 Å². The summed E-state index contributed by atoms with van der Waals surface area (Å²) in [5.74, 6) is 1.60. The van der Waals surface area contributed by atoms with Gasteiger partial charge in [0.05, 0.1) is 12.9 Å². The Morgan fingerprint density at radius 3 is 3.07 bits per heavy atom. The SMILES string of the molecule is c1cc2cc(OCC3CNC3)ccc2o1. The maximum absolute atomic E-state index is 5.71. The van der Waals surface area contributed by atoms with E-state index in [2.05, 4.69) is 5.32 Å². The number of nitrogens with one attached hydrogen (secondary N) is 1. The summed E-state index contributed by atoms with van der Waals surface area (Å²) >= 11 is 0. The summed E-state index contributed by atoms with van der Waals surface area (Å²) in [6.07, 6.45) is 1.70. The van der Waals surface area contributed by atoms with Gasteiger partial charge in [0.1, 0.15) is 11.3 Å². The van der Waals surface area contributed by atoms with Crippen LogP contribution in [0.25, 0.3) is 11.0 Å². The van der Waals surface area contributed by atoms with Crippen molar-refractivity contribution in [2.75, 3.05) is 19.7 Å². The molecule has 1 fully saturated rings. The highest BCUT2D eigenvalue weighted by atomic mass is 16.5. The van der Waals surface area contributed by atoms with Crippen LogP contribution in [0.1, 0.15) is 0 Å². The summed E-state index contributed by atoms with van der Waals surface area (Å²) in [5, 5.41) is 4.32. The molecule has 1 aromatic carbocycles. The largest absolute Gasteiger partial charge is 0.493 e. The Labute approximate surface area is 88.0 Å². The van der Waals surface area contributed by atoms with Crippen LogP contribution in [0.5, 0.6) is 5.75 Å². The first-order valence-electron chi connectivity index (χ1n) is 5.22. The van der Waals surface area contributed by atoms with Crippen LogP contribution in [0, 0.1) is 5.92 Å². The Morgan fingerprint density at radius 2 is 2.27 bits per heavy atom. The van der Waals surface area contributed by atoms with Gasteiger partial charge >= 0.3 is 0 Å². The number of furan rings is 1. The highest BCUT2D eigenvalue weighted by Crippen LogP contribution is 2.22. The smallest absolute Gasteiger partial charge is 0.134 e. The number of hydrogen-bond donors (Lipinski definition) is 1. The Balaban J connectivity index is 1.72. The number of benzene rings is 1. The van der Waals surface area contributed by atoms with Crippen LogP contribution >= 0.6 is 0 Å². The molecule has 0 unspecified atom stereocenters. The molecule has 0 aliphatic carbocycles. The molecule has 15 heavy (non-hydrogen) atoms. The maximum Gasteiger partial charge on any atom is 0.134 e. The molecule has 1 aromatic heterocycles. The molecule has 1 aliphatic heterocycles. The first-order chi connectivity index (χ1) is 7.42. The quantitative estimate of drug-likeness (QED) is 0.828. The lowest BCUT2D eigenvalue weighted by atomic mass is 10.1. The van der Waals surface area contributed by atoms with Crippen molar-refractivity contribution in [3.63, 3.8) is 0 Å². The Morgan fingerprint density at radius 1 is 1.33 bits per heavy atom. The molecule has 1 aliphatic rings. The van der Waals surface area contributed by atoms with Crippen LogP contribution in [0.3, 0.4) is 0 Å². The van der Waals surface area contributed by atoms with Gasteiger partial charge < -0.3 is 14.5 Å². The molecule has 1 N–H and O–H groups in total. The van der Waals surface area contributed by atoms with Gasteiger partial charge in [0, 0.05) is 24.4 Å². The molecule has 0 bridgehead atoms. The highest BCUT2D eigenvalue weighted by Gasteiger charge is 2.17. The summed E-state index contributed by atoms with van der Waals surface area (Å²) in [6.45, 7) is 2.96. The number of rotatable bonds is 3. The van der Waals surface area contributed by atoms with Gasteiger partial charge in [0.25, 0.3) is 0 Å². The fraction of sp³-hybridized carbons (Fsp3) is 0.333. The van der Waals surface area contributed by atoms with Gasteiger partial charge in [-0.3, -0.25) is 0 Å². The summed E-state index contributed by atoms with van der Waals surface area (Å²) in [5.41, 5.74) is 0.910. The molecule has 2 aromatic rings. The van der Waals surface area contributed by atoms with Gasteiger partial charge in [-0.15, -0.1) is 0 Å². The van der Waals surface area contributed by atoms with Crippen molar-refractivity contribution in [1.82, 2.24) is 5.32 Å². The Bertz CT molecular complexity index is 459. The topological polar surface area (TPSA) is 34.4 Å². The summed E-state index contributed by atoms with van der Waals surface area (Å²) < 4.78 is 11.0. The first kappa shape index (κ1) is 8.80. The van der Waals surface area contributed by atoms with Crippen LogP contribution in [0.2, 0.25) is 0 Å². The minimum absolute atomic E-state index is 0.671. The second kappa shape index (κ2) is 3.59. The zero-order valence-electron chi connectivity index (χ0n) is 8.40. The van der Waals surface area contributed by atoms with Gasteiger partial charge in [0.2, 0.25) is 0 Å². The standard InChI is InChI=1S/C12H13NO2/c1-2-12-10(3-4-14-12)5-11(1)15-8-9-6-13-7-9/h1-5,9,13H,6-8H2. The van der Waals surface area contributed by atoms with Crippen molar-refractivity contribution in [2.24, 2.45) is 5.92 Å². The predicted molar refractivity (Wildman–Crippen MR) is 58.1 cm³/mol. The lowest BCUT2D eigenvalue weighted by Crippen LogP contribution is -2.45. The third kappa shape index (κ3) is 1.70. The highest BCUT2D eigenvalue weighted by molar-refractivity contribution is 5.78. The van der Waals surface area contributed by atoms with E-state index in [0.29, 0.717) is 5.92 Å². The van der Waals surface area contributed by atoms with E-state index >= 15 is 0 Å². The minimum Gasteiger partial charge on any atom is -0.493 e. The molecule has 1 saturated heterocycles. The van der Waals surface area contributed by atoms with Crippen molar-refractivity contribution in [2.45, 2.75) is 0 Å². The monoisotopic (exact) mass is 203 g/mol. The fourth-order valence-corrected chi connectivity index (χ4v) is 1.71. The number of fused-ring (bicyclic) bond motifs is 1. The molecule has 3 rings (SSSR count). The van der Waals surface area contributed by atoms with Crippen molar-refractivity contribution in [3.8, 4) is 5.75 Å². The van der Waals surface area contributed by atoms with Gasteiger partial charge in [-0.1, -0.05) is 0 Å². The molecule has 0 spiro atoms. The van der Waals surface area contributed by atoms with E-state index < -0.39 is 0 Å². The van der Waals surface area contributed by atoms with Crippen LogP contribution in [-0.2, 0) is 0 Å². The molecule has 0 radical (unpaired) electrons. The number of ether oxygens (including phenoxy) is 1. The molecule has 0 amide bonds. The van der Waals surface area contributed by atoms with E-state index in [1.165, 1.54) is 0 Å². The fourth-order valence-electron chi connectivity index (χ4n) is 1.71. The van der Waals surface area contributed by atoms with Crippen LogP contribution in [-0.4, -0.2) is 19.7 Å². The maximum atomic E-state index is 5.71. The number of hydrogen-bond acceptors (Lipinski definition) is 3. The Kier molecular flexibility index (Phi) is 2.10. The van der Waals surface area contributed by atoms with Gasteiger partial charge in [-0.2, -0.15) is 0 Å². The third-order valence-corrected chi connectivity index (χ3v) is 2.78. The molecule has 2 heterocycles. The molecule has 78 valence electrons. The van der Waals surface area contributed by atoms with Crippen LogP contribution in [0.4, 0.5) is 0 Å². The molecule has 0 atom stereocenters. The van der Waals surface area contributed by atoms with E-state index in [0.717, 1.165) is 36.4 Å². The molecule has 3 heteroatoms. The molecular weight excluding hydrogens is 190 g/mol. The van der Waals surface area contributed by atoms with E-state index in [1.54, 1.807) is 6.26 Å². The first-order valence-corrected chi connectivity index (χ1v) is 5.22. The van der Waals surface area contributed by atoms with Crippen LogP contribution in [0.15, 0.2) is 34.9 Å². The lowest BCUT2D eigenvalue weighted by Gasteiger charge is -2.26. The van der Waals surface area contributed by atoms with Gasteiger partial charge in [-0.25, -0.2) is 0 Å². The molecule has 0 saturated carbocycles. The zero-order valence-corrected chi connectivity index (χ0v) is 8.40. The average Bonchev–Trinajstić information content (AvgIpc) is 2.62. The lowest BCUT2D eigenvalue weighted by molar-refractivity contribution is 0.199. The normalized spacial score (nSPS) is 16.5. The third-order valence-electron chi connectivity index (χ3n) is 2.78. The molecule has 3 nitrogen and oxygen atoms in total. The minimum atomic E-state index is 0.671. The predicted octanol–water partition coefficient (Wildman–Crippen LogP) is 2.03. The van der Waals surface area contributed by atoms with E-state index in [4.69, 9.17) is 9.15 Å². The molecular formula is C12H13NO2. The van der Waals surface area contributed by atoms with Crippen molar-refractivity contribution >= 4 is 11.0 Å². The Hall–Kier alpha value is -1.48. The summed E-state index contributed by atoms with van der Waals surface area (Å²) in [6, 6.07) is 7.87. The average molecular weight is 203 g/mol. The van der Waals surface area contributed by atoms with E-state index in [1.807, 2.05) is 24.3 Å². The van der Waals surface area contributed by atoms with Crippen molar-refractivity contribution < 1.29 is 9.15 Å². The van der Waals surface area contributed by atoms with E-state index in [9.17, 15) is 0 Å². The second-order valence-corrected chi connectivity index (χ2v) is 3.96. The van der Waals surface area contributed by atoms with Crippen molar-refractivity contribution in [3.05, 3.63) is 30.5 Å². The van der Waals surface area contributed by atoms with Gasteiger partial charge in [0.15, 0.2) is 0 Å². The van der Waals surface area contributed by atoms with Crippen LogP contribution < -0.4 is 10.1 Å². The summed E-state index contributed by atoms with van der Waals surface area (Å²) in [4.78, 5) is 0. The summed E-state index contributed by atoms with van der Waals surface area (Å²) in [7, 11) is 0.